The van der Waals surface area contributed by atoms with Crippen LogP contribution in [0.15, 0.2) is 18.2 Å². The van der Waals surface area contributed by atoms with Crippen molar-refractivity contribution in [1.29, 1.82) is 0 Å². The average Bonchev–Trinajstić information content (AvgIpc) is 2.54. The summed E-state index contributed by atoms with van der Waals surface area (Å²) in [6, 6.07) is 4.37. The van der Waals surface area contributed by atoms with E-state index < -0.39 is 0 Å². The summed E-state index contributed by atoms with van der Waals surface area (Å²) in [5, 5.41) is 2.95. The third-order valence-electron chi connectivity index (χ3n) is 3.69. The van der Waals surface area contributed by atoms with Crippen molar-refractivity contribution >= 4 is 5.91 Å². The van der Waals surface area contributed by atoms with Crippen molar-refractivity contribution in [3.8, 4) is 0 Å². The molecular weight excluding hydrogens is 243 g/mol. The molecule has 3 nitrogen and oxygen atoms in total. The zero-order valence-corrected chi connectivity index (χ0v) is 11.3. The lowest BCUT2D eigenvalue weighted by Gasteiger charge is -2.22. The van der Waals surface area contributed by atoms with Gasteiger partial charge in [-0.15, -0.1) is 0 Å². The van der Waals surface area contributed by atoms with Crippen LogP contribution in [0.5, 0.6) is 0 Å². The summed E-state index contributed by atoms with van der Waals surface area (Å²) < 4.78 is 13.3. The van der Waals surface area contributed by atoms with Gasteiger partial charge in [0.25, 0.3) is 5.91 Å². The molecule has 4 heteroatoms. The number of rotatable bonds is 2. The van der Waals surface area contributed by atoms with Crippen LogP contribution in [-0.4, -0.2) is 18.0 Å². The van der Waals surface area contributed by atoms with Gasteiger partial charge in [-0.1, -0.05) is 19.3 Å². The van der Waals surface area contributed by atoms with Crippen LogP contribution in [0.2, 0.25) is 0 Å². The lowest BCUT2D eigenvalue weighted by atomic mass is 10.0. The molecule has 0 heterocycles. The molecular formula is C15H21FN2O. The molecule has 2 rings (SSSR count). The summed E-state index contributed by atoms with van der Waals surface area (Å²) >= 11 is 0. The number of benzene rings is 1. The van der Waals surface area contributed by atoms with Crippen molar-refractivity contribution in [3.05, 3.63) is 35.1 Å². The van der Waals surface area contributed by atoms with Crippen molar-refractivity contribution in [2.45, 2.75) is 51.1 Å². The fourth-order valence-corrected chi connectivity index (χ4v) is 2.63. The molecule has 0 aromatic heterocycles. The van der Waals surface area contributed by atoms with E-state index in [0.29, 0.717) is 5.56 Å². The lowest BCUT2D eigenvalue weighted by molar-refractivity contribution is 0.0928. The number of hydrogen-bond donors (Lipinski definition) is 2. The van der Waals surface area contributed by atoms with Gasteiger partial charge in [-0.2, -0.15) is 0 Å². The van der Waals surface area contributed by atoms with E-state index in [1.807, 2.05) is 0 Å². The normalized spacial score (nSPS) is 23.7. The molecule has 2 atom stereocenters. The topological polar surface area (TPSA) is 55.1 Å². The van der Waals surface area contributed by atoms with E-state index in [2.05, 4.69) is 5.32 Å². The molecule has 0 aliphatic heterocycles. The van der Waals surface area contributed by atoms with Crippen molar-refractivity contribution in [2.75, 3.05) is 0 Å². The zero-order valence-electron chi connectivity index (χ0n) is 11.3. The smallest absolute Gasteiger partial charge is 0.251 e. The standard InChI is InChI=1S/C15H21FN2O/c1-10-7-11(9-12(16)8-10)15(19)18-14-6-4-2-3-5-13(14)17/h7-9,13-14H,2-6,17H2,1H3,(H,18,19). The van der Waals surface area contributed by atoms with Gasteiger partial charge in [-0.05, 0) is 43.5 Å². The van der Waals surface area contributed by atoms with E-state index in [1.165, 1.54) is 18.6 Å². The van der Waals surface area contributed by atoms with Crippen LogP contribution < -0.4 is 11.1 Å². The minimum atomic E-state index is -0.379. The Morgan fingerprint density at radius 3 is 2.74 bits per heavy atom. The Kier molecular flexibility index (Phi) is 4.53. The molecule has 1 aliphatic rings. The molecule has 19 heavy (non-hydrogen) atoms. The van der Waals surface area contributed by atoms with E-state index in [1.54, 1.807) is 13.0 Å². The van der Waals surface area contributed by atoms with E-state index in [4.69, 9.17) is 5.73 Å². The van der Waals surface area contributed by atoms with Crippen LogP contribution in [-0.2, 0) is 0 Å². The van der Waals surface area contributed by atoms with Crippen LogP contribution >= 0.6 is 0 Å². The Morgan fingerprint density at radius 1 is 1.26 bits per heavy atom. The van der Waals surface area contributed by atoms with Gasteiger partial charge in [0.15, 0.2) is 0 Å². The Hall–Kier alpha value is -1.42. The number of halogens is 1. The number of carbonyl (C=O) groups excluding carboxylic acids is 1. The van der Waals surface area contributed by atoms with Crippen molar-refractivity contribution in [3.63, 3.8) is 0 Å². The Morgan fingerprint density at radius 2 is 2.00 bits per heavy atom. The summed E-state index contributed by atoms with van der Waals surface area (Å²) in [7, 11) is 0. The first-order valence-electron chi connectivity index (χ1n) is 6.90. The van der Waals surface area contributed by atoms with E-state index >= 15 is 0 Å². The van der Waals surface area contributed by atoms with Crippen molar-refractivity contribution < 1.29 is 9.18 Å². The van der Waals surface area contributed by atoms with E-state index in [0.717, 1.165) is 31.2 Å². The number of amides is 1. The molecule has 0 spiro atoms. The summed E-state index contributed by atoms with van der Waals surface area (Å²) in [6.07, 6.45) is 5.21. The Balaban J connectivity index is 2.07. The van der Waals surface area contributed by atoms with Gasteiger partial charge in [0.1, 0.15) is 5.82 Å². The first kappa shape index (κ1) is 14.0. The van der Waals surface area contributed by atoms with Gasteiger partial charge < -0.3 is 11.1 Å². The Bertz CT molecular complexity index is 441. The molecule has 0 radical (unpaired) electrons. The van der Waals surface area contributed by atoms with Crippen LogP contribution in [0.3, 0.4) is 0 Å². The van der Waals surface area contributed by atoms with Gasteiger partial charge in [0, 0.05) is 17.6 Å². The average molecular weight is 264 g/mol. The third-order valence-corrected chi connectivity index (χ3v) is 3.69. The molecule has 1 amide bonds. The maximum absolute atomic E-state index is 13.3. The predicted octanol–water partition coefficient (Wildman–Crippen LogP) is 2.52. The predicted molar refractivity (Wildman–Crippen MR) is 73.5 cm³/mol. The van der Waals surface area contributed by atoms with Gasteiger partial charge in [0.05, 0.1) is 0 Å². The van der Waals surface area contributed by atoms with Crippen molar-refractivity contribution in [2.24, 2.45) is 5.73 Å². The second kappa shape index (κ2) is 6.15. The number of hydrogen-bond acceptors (Lipinski definition) is 2. The number of aryl methyl sites for hydroxylation is 1. The van der Waals surface area contributed by atoms with Gasteiger partial charge in [0.2, 0.25) is 0 Å². The quantitative estimate of drug-likeness (QED) is 0.806. The molecule has 1 aromatic rings. The maximum atomic E-state index is 13.3. The first-order chi connectivity index (χ1) is 9.06. The highest BCUT2D eigenvalue weighted by Gasteiger charge is 2.22. The summed E-state index contributed by atoms with van der Waals surface area (Å²) in [6.45, 7) is 1.78. The second-order valence-corrected chi connectivity index (χ2v) is 5.40. The molecule has 104 valence electrons. The van der Waals surface area contributed by atoms with E-state index in [-0.39, 0.29) is 23.8 Å². The third kappa shape index (κ3) is 3.77. The lowest BCUT2D eigenvalue weighted by Crippen LogP contribution is -2.46. The molecule has 3 N–H and O–H groups in total. The van der Waals surface area contributed by atoms with Gasteiger partial charge in [-0.3, -0.25) is 4.79 Å². The zero-order chi connectivity index (χ0) is 13.8. The minimum Gasteiger partial charge on any atom is -0.348 e. The van der Waals surface area contributed by atoms with Gasteiger partial charge in [-0.25, -0.2) is 4.39 Å². The highest BCUT2D eigenvalue weighted by Crippen LogP contribution is 2.17. The largest absolute Gasteiger partial charge is 0.348 e. The minimum absolute atomic E-state index is 0.00102. The summed E-state index contributed by atoms with van der Waals surface area (Å²) in [5.74, 6) is -0.611. The molecule has 1 aromatic carbocycles. The first-order valence-corrected chi connectivity index (χ1v) is 6.90. The van der Waals surface area contributed by atoms with Crippen LogP contribution in [0, 0.1) is 12.7 Å². The molecule has 1 saturated carbocycles. The van der Waals surface area contributed by atoms with Crippen LogP contribution in [0.4, 0.5) is 4.39 Å². The fraction of sp³-hybridized carbons (Fsp3) is 0.533. The summed E-state index contributed by atoms with van der Waals surface area (Å²) in [4.78, 5) is 12.1. The number of nitrogens with one attached hydrogen (secondary N) is 1. The highest BCUT2D eigenvalue weighted by atomic mass is 19.1. The summed E-state index contributed by atoms with van der Waals surface area (Å²) in [5.41, 5.74) is 7.19. The highest BCUT2D eigenvalue weighted by molar-refractivity contribution is 5.94. The van der Waals surface area contributed by atoms with E-state index in [9.17, 15) is 9.18 Å². The second-order valence-electron chi connectivity index (χ2n) is 5.40. The maximum Gasteiger partial charge on any atom is 0.251 e. The SMILES string of the molecule is Cc1cc(F)cc(C(=O)NC2CCCCCC2N)c1. The molecule has 0 bridgehead atoms. The molecule has 1 aliphatic carbocycles. The van der Waals surface area contributed by atoms with Crippen molar-refractivity contribution in [1.82, 2.24) is 5.32 Å². The fourth-order valence-electron chi connectivity index (χ4n) is 2.63. The molecule has 0 saturated heterocycles. The molecule has 2 unspecified atom stereocenters. The Labute approximate surface area is 113 Å². The monoisotopic (exact) mass is 264 g/mol. The van der Waals surface area contributed by atoms with Crippen LogP contribution in [0.1, 0.15) is 48.0 Å². The number of carbonyl (C=O) groups is 1. The number of nitrogens with two attached hydrogens (primary N) is 1. The van der Waals surface area contributed by atoms with Crippen LogP contribution in [0.25, 0.3) is 0 Å². The molecule has 1 fully saturated rings. The van der Waals surface area contributed by atoms with Gasteiger partial charge >= 0.3 is 0 Å².